The number of fused-ring (bicyclic) bond motifs is 5. The van der Waals surface area contributed by atoms with Crippen LogP contribution in [-0.4, -0.2) is 3.21 Å². The zero-order valence-electron chi connectivity index (χ0n) is 31.6. The molecule has 0 radical (unpaired) electrons. The van der Waals surface area contributed by atoms with Gasteiger partial charge in [0.25, 0.3) is 0 Å². The first-order valence-electron chi connectivity index (χ1n) is 18.1. The zero-order valence-corrected chi connectivity index (χ0v) is 35.6. The van der Waals surface area contributed by atoms with Gasteiger partial charge in [0.15, 0.2) is 0 Å². The fraction of sp³-hybridized carbons (Fsp3) is 0.204. The van der Waals surface area contributed by atoms with Gasteiger partial charge < -0.3 is 0 Å². The van der Waals surface area contributed by atoms with Crippen LogP contribution in [0.15, 0.2) is 146 Å². The van der Waals surface area contributed by atoms with E-state index in [4.69, 9.17) is 17.0 Å². The van der Waals surface area contributed by atoms with E-state index in [1.54, 1.807) is 0 Å². The summed E-state index contributed by atoms with van der Waals surface area (Å²) in [5.74, 6) is 0. The molecule has 0 nitrogen and oxygen atoms in total. The van der Waals surface area contributed by atoms with Gasteiger partial charge in [-0.3, -0.25) is 0 Å². The van der Waals surface area contributed by atoms with E-state index in [1.807, 2.05) is 30.3 Å². The molecule has 0 N–H and O–H groups in total. The third-order valence-corrected chi connectivity index (χ3v) is 14.4. The van der Waals surface area contributed by atoms with Crippen LogP contribution in [0.1, 0.15) is 74.9 Å². The molecule has 0 amide bonds. The zero-order chi connectivity index (χ0) is 37.2. The Morgan fingerprint density at radius 2 is 0.904 bits per heavy atom. The van der Waals surface area contributed by atoms with Gasteiger partial charge in [-0.1, -0.05) is 75.9 Å². The molecule has 8 aromatic rings. The molecule has 8 rings (SSSR count). The van der Waals surface area contributed by atoms with Crippen LogP contribution in [0.5, 0.6) is 0 Å². The smallest absolute Gasteiger partial charge is 0.172 e. The predicted molar refractivity (Wildman–Crippen MR) is 229 cm³/mol. The van der Waals surface area contributed by atoms with E-state index >= 15 is 0 Å². The molecule has 0 aliphatic heterocycles. The second kappa shape index (κ2) is 15.8. The van der Waals surface area contributed by atoms with Crippen LogP contribution < -0.4 is 0 Å². The van der Waals surface area contributed by atoms with E-state index < -0.39 is 18.9 Å². The van der Waals surface area contributed by atoms with Crippen molar-refractivity contribution in [2.45, 2.75) is 66.2 Å². The third-order valence-electron chi connectivity index (χ3n) is 9.87. The first-order valence-corrected chi connectivity index (χ1v) is 25.6. The van der Waals surface area contributed by atoms with Gasteiger partial charge in [-0.05, 0) is 24.7 Å². The Hall–Kier alpha value is -3.61. The summed E-state index contributed by atoms with van der Waals surface area (Å²) >= 11 is -2.71. The van der Waals surface area contributed by atoms with Gasteiger partial charge >= 0.3 is 157 Å². The van der Waals surface area contributed by atoms with Crippen molar-refractivity contribution in [3.8, 4) is 0 Å². The number of hydrogen-bond acceptors (Lipinski definition) is 0. The molecule has 264 valence electrons. The van der Waals surface area contributed by atoms with Crippen molar-refractivity contribution in [2.75, 3.05) is 0 Å². The van der Waals surface area contributed by atoms with Gasteiger partial charge in [0.2, 0.25) is 0 Å². The molecule has 52 heavy (non-hydrogen) atoms. The van der Waals surface area contributed by atoms with Gasteiger partial charge in [0.1, 0.15) is 0 Å². The van der Waals surface area contributed by atoms with E-state index in [-0.39, 0.29) is 10.8 Å². The molecular formula is C49H48Cl2Zr-2. The summed E-state index contributed by atoms with van der Waals surface area (Å²) in [5, 5.41) is 10.4. The maximum absolute atomic E-state index is 6.64. The minimum absolute atomic E-state index is 0.180. The molecule has 0 atom stereocenters. The molecule has 0 unspecified atom stereocenters. The van der Waals surface area contributed by atoms with Gasteiger partial charge in [-0.15, -0.1) is 39.7 Å². The molecular weight excluding hydrogens is 751 g/mol. The molecule has 0 bridgehead atoms. The van der Waals surface area contributed by atoms with Crippen LogP contribution in [-0.2, 0) is 29.7 Å². The molecule has 0 aromatic heterocycles. The van der Waals surface area contributed by atoms with Crippen molar-refractivity contribution >= 4 is 63.3 Å². The topological polar surface area (TPSA) is 0 Å². The number of rotatable bonds is 2. The summed E-state index contributed by atoms with van der Waals surface area (Å²) in [4.78, 5) is 0. The van der Waals surface area contributed by atoms with Crippen molar-refractivity contribution in [3.63, 3.8) is 0 Å². The predicted octanol–water partition coefficient (Wildman–Crippen LogP) is 14.8. The Kier molecular flexibility index (Phi) is 11.6. The van der Waals surface area contributed by atoms with Crippen molar-refractivity contribution in [1.29, 1.82) is 0 Å². The Labute approximate surface area is 325 Å². The Morgan fingerprint density at radius 3 is 1.27 bits per heavy atom. The van der Waals surface area contributed by atoms with E-state index in [0.29, 0.717) is 0 Å². The molecule has 0 heterocycles. The fourth-order valence-corrected chi connectivity index (χ4v) is 12.0. The summed E-state index contributed by atoms with van der Waals surface area (Å²) in [6.45, 7) is 18.3. The first-order chi connectivity index (χ1) is 24.7. The summed E-state index contributed by atoms with van der Waals surface area (Å²) in [6.07, 6.45) is 0. The van der Waals surface area contributed by atoms with Crippen LogP contribution in [0, 0.1) is 13.8 Å². The molecule has 0 saturated heterocycles. The average molecular weight is 799 g/mol. The number of halogens is 2. The van der Waals surface area contributed by atoms with Gasteiger partial charge in [0.05, 0.1) is 0 Å². The van der Waals surface area contributed by atoms with Crippen molar-refractivity contribution < 1.29 is 18.9 Å². The average Bonchev–Trinajstić information content (AvgIpc) is 3.79. The van der Waals surface area contributed by atoms with Crippen LogP contribution in [0.4, 0.5) is 0 Å². The van der Waals surface area contributed by atoms with E-state index in [1.165, 1.54) is 76.5 Å². The van der Waals surface area contributed by atoms with Crippen molar-refractivity contribution in [1.82, 2.24) is 0 Å². The van der Waals surface area contributed by atoms with Crippen LogP contribution in [0.25, 0.3) is 43.1 Å². The molecule has 8 aromatic carbocycles. The summed E-state index contributed by atoms with van der Waals surface area (Å²) in [7, 11) is 13.3. The first kappa shape index (κ1) is 38.1. The maximum atomic E-state index is 6.64. The fourth-order valence-electron chi connectivity index (χ4n) is 7.51. The molecule has 0 aliphatic rings. The van der Waals surface area contributed by atoms with E-state index in [9.17, 15) is 0 Å². The van der Waals surface area contributed by atoms with Crippen molar-refractivity contribution in [3.05, 3.63) is 179 Å². The molecule has 0 aliphatic carbocycles. The normalized spacial score (nSPS) is 11.7. The van der Waals surface area contributed by atoms with Gasteiger partial charge in [0, 0.05) is 0 Å². The van der Waals surface area contributed by atoms with E-state index in [0.717, 1.165) is 3.21 Å². The summed E-state index contributed by atoms with van der Waals surface area (Å²) < 4.78 is 1.15. The minimum atomic E-state index is -2.71. The Morgan fingerprint density at radius 1 is 0.500 bits per heavy atom. The number of aryl methyl sites for hydroxylation is 2. The van der Waals surface area contributed by atoms with Crippen LogP contribution >= 0.6 is 17.0 Å². The standard InChI is InChI=1S/C23H29.C21H14.C5H5.2ClH.Zr/c1-14-9-16-11-17-10-15(2)21(23(6,7)8)13-19(17)18(16)12-20(14)22(3,4)5;1-3-13-20-16(7-1)9-5-11-18(20)15-19-12-6-10-17-8-2-4-14-21(17)19;1-2-4-5-3-1;;;/h9-13H,1-8H3;1-14H;1-5H;2*1H;/q-1;;-1;;;+2/p-2. The SMILES string of the molecule is Cc1cc2[cH-]c3cc(C)c(C(C)(C)C)cc3c2cc1C(C)(C)C.[Cl][Zr]([Cl])=[C](c1cccc2ccccc12)c1cccc2ccccc12.c1cc[cH-]c1. The Balaban J connectivity index is 0.000000157. The van der Waals surface area contributed by atoms with Crippen molar-refractivity contribution in [2.24, 2.45) is 0 Å². The van der Waals surface area contributed by atoms with Crippen LogP contribution in [0.3, 0.4) is 0 Å². The third kappa shape index (κ3) is 8.29. The summed E-state index contributed by atoms with van der Waals surface area (Å²) in [6, 6.07) is 51.5. The molecule has 0 fully saturated rings. The summed E-state index contributed by atoms with van der Waals surface area (Å²) in [5.41, 5.74) is 8.40. The quantitative estimate of drug-likeness (QED) is 0.153. The van der Waals surface area contributed by atoms with E-state index in [2.05, 4.69) is 171 Å². The minimum Gasteiger partial charge on any atom is -0.214 e. The Bertz CT molecular complexity index is 2330. The van der Waals surface area contributed by atoms with Gasteiger partial charge in [-0.25, -0.2) is 12.1 Å². The second-order valence-corrected chi connectivity index (χ2v) is 23.9. The monoisotopic (exact) mass is 796 g/mol. The molecule has 3 heteroatoms. The second-order valence-electron chi connectivity index (χ2n) is 15.8. The number of benzene rings is 6. The van der Waals surface area contributed by atoms with Gasteiger partial charge in [-0.2, -0.15) is 18.2 Å². The largest absolute Gasteiger partial charge is 0.214 e. The van der Waals surface area contributed by atoms with Crippen LogP contribution in [0.2, 0.25) is 0 Å². The maximum Gasteiger partial charge on any atom is -0.172 e. The molecule has 0 spiro atoms. The molecule has 0 saturated carbocycles. The number of hydrogen-bond donors (Lipinski definition) is 0.